The number of carbonyl (C=O) groups excluding carboxylic acids is 1. The number of nitrogens with zero attached hydrogens (tertiary/aromatic N) is 1. The van der Waals surface area contributed by atoms with E-state index in [-0.39, 0.29) is 0 Å². The quantitative estimate of drug-likeness (QED) is 0.340. The van der Waals surface area contributed by atoms with Crippen molar-refractivity contribution < 1.29 is 9.53 Å². The standard InChI is InChI=1S/C16H21NO2/c1-3-4-8-13-17(14-9-12-16(18)19-2)15-10-6-5-7-11-15/h5-7,10-11H,3-4,8,13-14H2,1-2H3. The predicted molar refractivity (Wildman–Crippen MR) is 78.0 cm³/mol. The Labute approximate surface area is 115 Å². The monoisotopic (exact) mass is 259 g/mol. The zero-order valence-electron chi connectivity index (χ0n) is 11.7. The van der Waals surface area contributed by atoms with Gasteiger partial charge in [0.25, 0.3) is 0 Å². The molecular weight excluding hydrogens is 238 g/mol. The number of esters is 1. The number of methoxy groups -OCH3 is 1. The maximum atomic E-state index is 11.0. The van der Waals surface area contributed by atoms with Crippen LogP contribution in [0.2, 0.25) is 0 Å². The van der Waals surface area contributed by atoms with Crippen LogP contribution >= 0.6 is 0 Å². The summed E-state index contributed by atoms with van der Waals surface area (Å²) in [6.07, 6.45) is 3.52. The number of rotatable bonds is 6. The largest absolute Gasteiger partial charge is 0.459 e. The van der Waals surface area contributed by atoms with Gasteiger partial charge in [-0.15, -0.1) is 0 Å². The first-order valence-electron chi connectivity index (χ1n) is 6.64. The SMILES string of the molecule is CCCCCN(CC#CC(=O)OC)c1ccccc1. The van der Waals surface area contributed by atoms with Gasteiger partial charge < -0.3 is 9.64 Å². The van der Waals surface area contributed by atoms with Crippen LogP contribution in [0.4, 0.5) is 5.69 Å². The van der Waals surface area contributed by atoms with Crippen LogP contribution in [0.15, 0.2) is 30.3 Å². The minimum Gasteiger partial charge on any atom is -0.459 e. The van der Waals surface area contributed by atoms with Crippen molar-refractivity contribution in [1.82, 2.24) is 0 Å². The maximum absolute atomic E-state index is 11.0. The second-order valence-electron chi connectivity index (χ2n) is 4.26. The first kappa shape index (κ1) is 15.1. The van der Waals surface area contributed by atoms with Gasteiger partial charge in [-0.2, -0.15) is 0 Å². The van der Waals surface area contributed by atoms with E-state index in [2.05, 4.69) is 40.5 Å². The van der Waals surface area contributed by atoms with Crippen molar-refractivity contribution in [2.45, 2.75) is 26.2 Å². The van der Waals surface area contributed by atoms with Gasteiger partial charge in [-0.1, -0.05) is 43.9 Å². The van der Waals surface area contributed by atoms with Crippen molar-refractivity contribution in [3.63, 3.8) is 0 Å². The van der Waals surface area contributed by atoms with Crippen LogP contribution in [0.1, 0.15) is 26.2 Å². The molecule has 0 atom stereocenters. The molecule has 3 heteroatoms. The molecule has 0 saturated carbocycles. The molecule has 0 aliphatic heterocycles. The summed E-state index contributed by atoms with van der Waals surface area (Å²) in [6.45, 7) is 3.68. The Morgan fingerprint density at radius 1 is 1.26 bits per heavy atom. The van der Waals surface area contributed by atoms with Crippen LogP contribution in [0, 0.1) is 11.8 Å². The molecule has 0 aromatic heterocycles. The summed E-state index contributed by atoms with van der Waals surface area (Å²) in [6, 6.07) is 10.1. The van der Waals surface area contributed by atoms with Crippen molar-refractivity contribution in [1.29, 1.82) is 0 Å². The number of anilines is 1. The molecule has 0 spiro atoms. The van der Waals surface area contributed by atoms with Crippen molar-refractivity contribution >= 4 is 11.7 Å². The van der Waals surface area contributed by atoms with Gasteiger partial charge >= 0.3 is 5.97 Å². The highest BCUT2D eigenvalue weighted by molar-refractivity contribution is 5.88. The second-order valence-corrected chi connectivity index (χ2v) is 4.26. The summed E-state index contributed by atoms with van der Waals surface area (Å²) in [5, 5.41) is 0. The summed E-state index contributed by atoms with van der Waals surface area (Å²) < 4.78 is 4.51. The van der Waals surface area contributed by atoms with Crippen molar-refractivity contribution in [2.75, 3.05) is 25.1 Å². The average Bonchev–Trinajstić information content (AvgIpc) is 2.46. The minimum atomic E-state index is -0.485. The van der Waals surface area contributed by atoms with Crippen LogP contribution in [-0.4, -0.2) is 26.2 Å². The van der Waals surface area contributed by atoms with Crippen LogP contribution in [0.5, 0.6) is 0 Å². The Hall–Kier alpha value is -1.95. The molecule has 0 bridgehead atoms. The first-order valence-corrected chi connectivity index (χ1v) is 6.64. The summed E-state index contributed by atoms with van der Waals surface area (Å²) in [5.74, 6) is 4.85. The van der Waals surface area contributed by atoms with Gasteiger partial charge in [-0.3, -0.25) is 0 Å². The third kappa shape index (κ3) is 5.96. The molecule has 1 aromatic rings. The molecule has 19 heavy (non-hydrogen) atoms. The highest BCUT2D eigenvalue weighted by Gasteiger charge is 2.03. The zero-order valence-corrected chi connectivity index (χ0v) is 11.7. The van der Waals surface area contributed by atoms with E-state index in [4.69, 9.17) is 0 Å². The molecule has 102 valence electrons. The fraction of sp³-hybridized carbons (Fsp3) is 0.438. The Balaban J connectivity index is 2.63. The zero-order chi connectivity index (χ0) is 13.9. The molecule has 0 aliphatic rings. The molecule has 0 fully saturated rings. The van der Waals surface area contributed by atoms with E-state index >= 15 is 0 Å². The summed E-state index contributed by atoms with van der Waals surface area (Å²) in [4.78, 5) is 13.2. The number of carbonyl (C=O) groups is 1. The Morgan fingerprint density at radius 3 is 2.63 bits per heavy atom. The van der Waals surface area contributed by atoms with Crippen LogP contribution < -0.4 is 4.90 Å². The lowest BCUT2D eigenvalue weighted by Crippen LogP contribution is -2.24. The van der Waals surface area contributed by atoms with E-state index < -0.39 is 5.97 Å². The van der Waals surface area contributed by atoms with Gasteiger partial charge in [-0.05, 0) is 18.6 Å². The van der Waals surface area contributed by atoms with Crippen molar-refractivity contribution in [3.05, 3.63) is 30.3 Å². The third-order valence-electron chi connectivity index (χ3n) is 2.80. The summed E-state index contributed by atoms with van der Waals surface area (Å²) >= 11 is 0. The molecule has 0 radical (unpaired) electrons. The normalized spacial score (nSPS) is 9.37. The third-order valence-corrected chi connectivity index (χ3v) is 2.80. The average molecular weight is 259 g/mol. The van der Waals surface area contributed by atoms with Gasteiger partial charge in [0.2, 0.25) is 0 Å². The van der Waals surface area contributed by atoms with E-state index in [0.29, 0.717) is 6.54 Å². The van der Waals surface area contributed by atoms with Crippen LogP contribution in [0.25, 0.3) is 0 Å². The number of ether oxygens (including phenoxy) is 1. The van der Waals surface area contributed by atoms with Gasteiger partial charge in [0.1, 0.15) is 0 Å². The summed E-state index contributed by atoms with van der Waals surface area (Å²) in [5.41, 5.74) is 1.14. The topological polar surface area (TPSA) is 29.5 Å². The van der Waals surface area contributed by atoms with Gasteiger partial charge in [0.05, 0.1) is 13.7 Å². The predicted octanol–water partition coefficient (Wildman–Crippen LogP) is 2.86. The number of hydrogen-bond acceptors (Lipinski definition) is 3. The lowest BCUT2D eigenvalue weighted by atomic mass is 10.2. The van der Waals surface area contributed by atoms with Crippen molar-refractivity contribution in [2.24, 2.45) is 0 Å². The fourth-order valence-electron chi connectivity index (χ4n) is 1.75. The second kappa shape index (κ2) is 9.04. The van der Waals surface area contributed by atoms with E-state index in [1.165, 1.54) is 20.0 Å². The van der Waals surface area contributed by atoms with Crippen molar-refractivity contribution in [3.8, 4) is 11.8 Å². The molecular formula is C16H21NO2. The minimum absolute atomic E-state index is 0.485. The molecule has 0 saturated heterocycles. The molecule has 0 unspecified atom stereocenters. The maximum Gasteiger partial charge on any atom is 0.384 e. The number of hydrogen-bond donors (Lipinski definition) is 0. The summed E-state index contributed by atoms with van der Waals surface area (Å²) in [7, 11) is 1.34. The Kier molecular flexibility index (Phi) is 7.19. The number of para-hydroxylation sites is 1. The highest BCUT2D eigenvalue weighted by atomic mass is 16.5. The van der Waals surface area contributed by atoms with E-state index in [0.717, 1.165) is 18.7 Å². The molecule has 3 nitrogen and oxygen atoms in total. The molecule has 1 aromatic carbocycles. The van der Waals surface area contributed by atoms with E-state index in [9.17, 15) is 4.79 Å². The van der Waals surface area contributed by atoms with E-state index in [1.807, 2.05) is 18.2 Å². The molecule has 0 aliphatic carbocycles. The fourth-order valence-corrected chi connectivity index (χ4v) is 1.75. The number of benzene rings is 1. The lowest BCUT2D eigenvalue weighted by Gasteiger charge is -2.22. The number of unbranched alkanes of at least 4 members (excludes halogenated alkanes) is 2. The van der Waals surface area contributed by atoms with Crippen LogP contribution in [0.3, 0.4) is 0 Å². The van der Waals surface area contributed by atoms with Gasteiger partial charge in [0.15, 0.2) is 0 Å². The van der Waals surface area contributed by atoms with E-state index in [1.54, 1.807) is 0 Å². The van der Waals surface area contributed by atoms with Crippen LogP contribution in [-0.2, 0) is 9.53 Å². The van der Waals surface area contributed by atoms with Gasteiger partial charge in [-0.25, -0.2) is 4.79 Å². The molecule has 1 rings (SSSR count). The molecule has 0 N–H and O–H groups in total. The Morgan fingerprint density at radius 2 is 2.00 bits per heavy atom. The highest BCUT2D eigenvalue weighted by Crippen LogP contribution is 2.13. The molecule has 0 heterocycles. The smallest absolute Gasteiger partial charge is 0.384 e. The first-order chi connectivity index (χ1) is 9.27. The molecule has 0 amide bonds. The lowest BCUT2D eigenvalue weighted by molar-refractivity contribution is -0.133. The Bertz CT molecular complexity index is 431. The van der Waals surface area contributed by atoms with Gasteiger partial charge in [0, 0.05) is 18.2 Å².